The summed E-state index contributed by atoms with van der Waals surface area (Å²) < 4.78 is 13.5. The first-order valence-electron chi connectivity index (χ1n) is 6.57. The van der Waals surface area contributed by atoms with Gasteiger partial charge in [-0.3, -0.25) is 0 Å². The molecule has 0 saturated heterocycles. The van der Waals surface area contributed by atoms with Gasteiger partial charge in [0.2, 0.25) is 0 Å². The van der Waals surface area contributed by atoms with Gasteiger partial charge in [0, 0.05) is 12.1 Å². The van der Waals surface area contributed by atoms with Gasteiger partial charge in [0.05, 0.1) is 10.0 Å². The predicted molar refractivity (Wildman–Crippen MR) is 83.9 cm³/mol. The molecular formula is C16H16Cl2FN. The van der Waals surface area contributed by atoms with Crippen LogP contribution in [0, 0.1) is 5.82 Å². The van der Waals surface area contributed by atoms with Crippen LogP contribution in [-0.2, 0) is 6.54 Å². The molecule has 20 heavy (non-hydrogen) atoms. The first-order chi connectivity index (χ1) is 9.63. The molecule has 0 fully saturated rings. The second-order valence-electron chi connectivity index (χ2n) is 4.58. The third-order valence-corrected chi connectivity index (χ3v) is 3.87. The standard InChI is InChI=1S/C16H16Cl2FN/c1-2-8-20-10-11-9-12(19)6-7-13(11)14-4-3-5-15(17)16(14)18/h3-7,9,20H,2,8,10H2,1H3. The molecule has 0 aliphatic heterocycles. The fourth-order valence-corrected chi connectivity index (χ4v) is 2.49. The number of hydrogen-bond donors (Lipinski definition) is 1. The number of halogens is 3. The van der Waals surface area contributed by atoms with E-state index in [0.29, 0.717) is 16.6 Å². The van der Waals surface area contributed by atoms with E-state index < -0.39 is 0 Å². The lowest BCUT2D eigenvalue weighted by Crippen LogP contribution is -2.14. The summed E-state index contributed by atoms with van der Waals surface area (Å²) in [5, 5.41) is 4.28. The van der Waals surface area contributed by atoms with Crippen molar-refractivity contribution in [2.24, 2.45) is 0 Å². The molecule has 0 spiro atoms. The maximum absolute atomic E-state index is 13.5. The van der Waals surface area contributed by atoms with E-state index in [0.717, 1.165) is 29.7 Å². The highest BCUT2D eigenvalue weighted by Gasteiger charge is 2.11. The minimum absolute atomic E-state index is 0.250. The van der Waals surface area contributed by atoms with Crippen molar-refractivity contribution in [3.05, 3.63) is 57.8 Å². The molecule has 106 valence electrons. The molecule has 0 aliphatic carbocycles. The maximum atomic E-state index is 13.5. The Balaban J connectivity index is 2.42. The van der Waals surface area contributed by atoms with Crippen LogP contribution in [0.25, 0.3) is 11.1 Å². The average molecular weight is 312 g/mol. The van der Waals surface area contributed by atoms with Crippen LogP contribution in [0.15, 0.2) is 36.4 Å². The Labute approximate surface area is 128 Å². The van der Waals surface area contributed by atoms with Gasteiger partial charge in [0.15, 0.2) is 0 Å². The van der Waals surface area contributed by atoms with Gasteiger partial charge in [0.1, 0.15) is 5.82 Å². The van der Waals surface area contributed by atoms with Crippen LogP contribution in [0.5, 0.6) is 0 Å². The summed E-state index contributed by atoms with van der Waals surface area (Å²) in [4.78, 5) is 0. The first-order valence-corrected chi connectivity index (χ1v) is 7.32. The first kappa shape index (κ1) is 15.3. The molecule has 0 atom stereocenters. The second-order valence-corrected chi connectivity index (χ2v) is 5.36. The van der Waals surface area contributed by atoms with Crippen molar-refractivity contribution in [3.8, 4) is 11.1 Å². The molecule has 2 aromatic carbocycles. The van der Waals surface area contributed by atoms with Crippen LogP contribution in [-0.4, -0.2) is 6.54 Å². The van der Waals surface area contributed by atoms with Crippen molar-refractivity contribution in [2.75, 3.05) is 6.54 Å². The van der Waals surface area contributed by atoms with E-state index in [9.17, 15) is 4.39 Å². The highest BCUT2D eigenvalue weighted by Crippen LogP contribution is 2.35. The van der Waals surface area contributed by atoms with E-state index in [1.165, 1.54) is 12.1 Å². The lowest BCUT2D eigenvalue weighted by atomic mass is 9.99. The lowest BCUT2D eigenvalue weighted by Gasteiger charge is -2.13. The Bertz CT molecular complexity index is 599. The molecular weight excluding hydrogens is 296 g/mol. The molecule has 0 unspecified atom stereocenters. The smallest absolute Gasteiger partial charge is 0.123 e. The molecule has 0 radical (unpaired) electrons. The van der Waals surface area contributed by atoms with E-state index in [2.05, 4.69) is 12.2 Å². The maximum Gasteiger partial charge on any atom is 0.123 e. The Morgan fingerprint density at radius 2 is 1.90 bits per heavy atom. The minimum atomic E-state index is -0.250. The molecule has 4 heteroatoms. The summed E-state index contributed by atoms with van der Waals surface area (Å²) in [6.07, 6.45) is 1.03. The number of hydrogen-bond acceptors (Lipinski definition) is 1. The van der Waals surface area contributed by atoms with E-state index in [1.54, 1.807) is 12.1 Å². The minimum Gasteiger partial charge on any atom is -0.313 e. The van der Waals surface area contributed by atoms with Gasteiger partial charge in [-0.15, -0.1) is 0 Å². The van der Waals surface area contributed by atoms with Crippen LogP contribution < -0.4 is 5.32 Å². The van der Waals surface area contributed by atoms with Gasteiger partial charge < -0.3 is 5.32 Å². The molecule has 0 saturated carbocycles. The molecule has 0 aliphatic rings. The normalized spacial score (nSPS) is 10.8. The van der Waals surface area contributed by atoms with E-state index in [1.807, 2.05) is 12.1 Å². The van der Waals surface area contributed by atoms with E-state index in [-0.39, 0.29) is 5.82 Å². The lowest BCUT2D eigenvalue weighted by molar-refractivity contribution is 0.619. The zero-order valence-electron chi connectivity index (χ0n) is 11.2. The highest BCUT2D eigenvalue weighted by molar-refractivity contribution is 6.43. The Hall–Kier alpha value is -1.09. The topological polar surface area (TPSA) is 12.0 Å². The van der Waals surface area contributed by atoms with Crippen molar-refractivity contribution in [2.45, 2.75) is 19.9 Å². The second kappa shape index (κ2) is 7.07. The van der Waals surface area contributed by atoms with Gasteiger partial charge in [-0.05, 0) is 42.3 Å². The van der Waals surface area contributed by atoms with Crippen molar-refractivity contribution in [1.29, 1.82) is 0 Å². The SMILES string of the molecule is CCCNCc1cc(F)ccc1-c1cccc(Cl)c1Cl. The van der Waals surface area contributed by atoms with E-state index in [4.69, 9.17) is 23.2 Å². The fourth-order valence-electron chi connectivity index (χ4n) is 2.08. The van der Waals surface area contributed by atoms with Gasteiger partial charge in [-0.2, -0.15) is 0 Å². The summed E-state index contributed by atoms with van der Waals surface area (Å²) in [6, 6.07) is 10.2. The Morgan fingerprint density at radius 3 is 2.65 bits per heavy atom. The van der Waals surface area contributed by atoms with Gasteiger partial charge in [-0.25, -0.2) is 4.39 Å². The predicted octanol–water partition coefficient (Wildman–Crippen LogP) is 5.30. The van der Waals surface area contributed by atoms with E-state index >= 15 is 0 Å². The molecule has 1 N–H and O–H groups in total. The summed E-state index contributed by atoms with van der Waals surface area (Å²) in [5.74, 6) is -0.250. The van der Waals surface area contributed by atoms with Gasteiger partial charge in [-0.1, -0.05) is 48.3 Å². The average Bonchev–Trinajstić information content (AvgIpc) is 2.43. The van der Waals surface area contributed by atoms with Gasteiger partial charge in [0.25, 0.3) is 0 Å². The summed E-state index contributed by atoms with van der Waals surface area (Å²) >= 11 is 12.3. The molecule has 1 nitrogen and oxygen atoms in total. The molecule has 0 aromatic heterocycles. The van der Waals surface area contributed by atoms with Crippen LogP contribution in [0.3, 0.4) is 0 Å². The molecule has 2 aromatic rings. The van der Waals surface area contributed by atoms with Crippen molar-refractivity contribution >= 4 is 23.2 Å². The molecule has 0 amide bonds. The Kier molecular flexibility index (Phi) is 5.41. The summed E-state index contributed by atoms with van der Waals surface area (Å²) in [7, 11) is 0. The third kappa shape index (κ3) is 3.51. The quantitative estimate of drug-likeness (QED) is 0.739. The number of benzene rings is 2. The highest BCUT2D eigenvalue weighted by atomic mass is 35.5. The van der Waals surface area contributed by atoms with Crippen molar-refractivity contribution in [3.63, 3.8) is 0 Å². The largest absolute Gasteiger partial charge is 0.313 e. The molecule has 2 rings (SSSR count). The van der Waals surface area contributed by atoms with Gasteiger partial charge >= 0.3 is 0 Å². The molecule has 0 heterocycles. The van der Waals surface area contributed by atoms with Crippen molar-refractivity contribution < 1.29 is 4.39 Å². The zero-order valence-corrected chi connectivity index (χ0v) is 12.7. The van der Waals surface area contributed by atoms with Crippen LogP contribution >= 0.6 is 23.2 Å². The van der Waals surface area contributed by atoms with Crippen LogP contribution in [0.2, 0.25) is 10.0 Å². The van der Waals surface area contributed by atoms with Crippen LogP contribution in [0.1, 0.15) is 18.9 Å². The Morgan fingerprint density at radius 1 is 1.10 bits per heavy atom. The van der Waals surface area contributed by atoms with Crippen molar-refractivity contribution in [1.82, 2.24) is 5.32 Å². The van der Waals surface area contributed by atoms with Crippen LogP contribution in [0.4, 0.5) is 4.39 Å². The monoisotopic (exact) mass is 311 g/mol. The zero-order chi connectivity index (χ0) is 14.5. The summed E-state index contributed by atoms with van der Waals surface area (Å²) in [6.45, 7) is 3.58. The summed E-state index contributed by atoms with van der Waals surface area (Å²) in [5.41, 5.74) is 2.61. The third-order valence-electron chi connectivity index (χ3n) is 3.05. The molecule has 0 bridgehead atoms. The number of rotatable bonds is 5. The fraction of sp³-hybridized carbons (Fsp3) is 0.250. The number of nitrogens with one attached hydrogen (secondary N) is 1.